The van der Waals surface area contributed by atoms with Gasteiger partial charge in [-0.3, -0.25) is 14.9 Å². The summed E-state index contributed by atoms with van der Waals surface area (Å²) in [5.41, 5.74) is 1.16. The zero-order chi connectivity index (χ0) is 14.8. The number of carboxylic acid groups (broad SMARTS) is 1. The molecule has 20 heavy (non-hydrogen) atoms. The van der Waals surface area contributed by atoms with E-state index in [1.165, 1.54) is 6.07 Å². The van der Waals surface area contributed by atoms with Gasteiger partial charge in [0.25, 0.3) is 5.69 Å². The second kappa shape index (κ2) is 5.48. The van der Waals surface area contributed by atoms with Gasteiger partial charge < -0.3 is 10.4 Å². The Morgan fingerprint density at radius 2 is 2.20 bits per heavy atom. The lowest BCUT2D eigenvalue weighted by Crippen LogP contribution is -2.38. The lowest BCUT2D eigenvalue weighted by atomic mass is 9.66. The Hall–Kier alpha value is -2.11. The standard InChI is InChI=1S/C14H18N2O4/c1-10-3-4-12(16(19)20)11(7-10)15-9-14(5-2-6-14)8-13(17)18/h3-4,7,15H,2,5-6,8-9H2,1H3,(H,17,18). The number of nitro groups is 1. The zero-order valence-corrected chi connectivity index (χ0v) is 11.4. The number of nitrogens with one attached hydrogen (secondary N) is 1. The summed E-state index contributed by atoms with van der Waals surface area (Å²) in [6.45, 7) is 2.33. The Labute approximate surface area is 117 Å². The number of hydrogen-bond donors (Lipinski definition) is 2. The number of hydrogen-bond acceptors (Lipinski definition) is 4. The molecule has 108 valence electrons. The Morgan fingerprint density at radius 3 is 2.70 bits per heavy atom. The van der Waals surface area contributed by atoms with Crippen LogP contribution in [0.15, 0.2) is 18.2 Å². The molecule has 0 atom stereocenters. The van der Waals surface area contributed by atoms with E-state index in [0.717, 1.165) is 24.8 Å². The van der Waals surface area contributed by atoms with Crippen molar-refractivity contribution in [2.24, 2.45) is 5.41 Å². The molecule has 1 aromatic carbocycles. The van der Waals surface area contributed by atoms with Crippen LogP contribution >= 0.6 is 0 Å². The summed E-state index contributed by atoms with van der Waals surface area (Å²) in [5, 5.41) is 23.0. The van der Waals surface area contributed by atoms with Gasteiger partial charge in [0.15, 0.2) is 0 Å². The number of benzene rings is 1. The number of rotatable bonds is 6. The summed E-state index contributed by atoms with van der Waals surface area (Å²) in [7, 11) is 0. The summed E-state index contributed by atoms with van der Waals surface area (Å²) in [6.07, 6.45) is 2.84. The van der Waals surface area contributed by atoms with Crippen LogP contribution in [0, 0.1) is 22.5 Å². The smallest absolute Gasteiger partial charge is 0.303 e. The lowest BCUT2D eigenvalue weighted by molar-refractivity contribution is -0.384. The molecule has 0 heterocycles. The van der Waals surface area contributed by atoms with Gasteiger partial charge in [-0.2, -0.15) is 0 Å². The van der Waals surface area contributed by atoms with Crippen molar-refractivity contribution in [3.8, 4) is 0 Å². The number of aryl methyl sites for hydroxylation is 1. The molecule has 2 N–H and O–H groups in total. The molecule has 0 spiro atoms. The Morgan fingerprint density at radius 1 is 1.50 bits per heavy atom. The van der Waals surface area contributed by atoms with Crippen molar-refractivity contribution in [1.29, 1.82) is 0 Å². The Kier molecular flexibility index (Phi) is 3.92. The second-order valence-corrected chi connectivity index (χ2v) is 5.56. The van der Waals surface area contributed by atoms with Crippen LogP contribution in [0.25, 0.3) is 0 Å². The molecule has 0 saturated heterocycles. The number of nitro benzene ring substituents is 1. The fraction of sp³-hybridized carbons (Fsp3) is 0.500. The van der Waals surface area contributed by atoms with Gasteiger partial charge in [0.05, 0.1) is 11.3 Å². The third kappa shape index (κ3) is 3.07. The van der Waals surface area contributed by atoms with Crippen LogP contribution in [0.3, 0.4) is 0 Å². The van der Waals surface area contributed by atoms with E-state index in [0.29, 0.717) is 12.2 Å². The summed E-state index contributed by atoms with van der Waals surface area (Å²) in [6, 6.07) is 4.90. The van der Waals surface area contributed by atoms with Gasteiger partial charge >= 0.3 is 5.97 Å². The van der Waals surface area contributed by atoms with Gasteiger partial charge in [0.1, 0.15) is 5.69 Å². The number of aliphatic carboxylic acids is 1. The quantitative estimate of drug-likeness (QED) is 0.616. The highest BCUT2D eigenvalue weighted by Gasteiger charge is 2.39. The molecular weight excluding hydrogens is 260 g/mol. The fourth-order valence-electron chi connectivity index (χ4n) is 2.65. The minimum atomic E-state index is -0.815. The van der Waals surface area contributed by atoms with Crippen LogP contribution in [0.1, 0.15) is 31.2 Å². The fourth-order valence-corrected chi connectivity index (χ4v) is 2.65. The first-order chi connectivity index (χ1) is 9.42. The van der Waals surface area contributed by atoms with Crippen molar-refractivity contribution in [2.75, 3.05) is 11.9 Å². The molecule has 1 saturated carbocycles. The van der Waals surface area contributed by atoms with Crippen molar-refractivity contribution in [1.82, 2.24) is 0 Å². The topological polar surface area (TPSA) is 92.5 Å². The summed E-state index contributed by atoms with van der Waals surface area (Å²) < 4.78 is 0. The van der Waals surface area contributed by atoms with Gasteiger partial charge in [0.2, 0.25) is 0 Å². The van der Waals surface area contributed by atoms with Crippen LogP contribution in [-0.2, 0) is 4.79 Å². The van der Waals surface area contributed by atoms with E-state index in [1.807, 2.05) is 6.92 Å². The van der Waals surface area contributed by atoms with Crippen molar-refractivity contribution in [3.63, 3.8) is 0 Å². The van der Waals surface area contributed by atoms with Crippen molar-refractivity contribution < 1.29 is 14.8 Å². The summed E-state index contributed by atoms with van der Waals surface area (Å²) >= 11 is 0. The van der Waals surface area contributed by atoms with Gasteiger partial charge in [0, 0.05) is 12.6 Å². The molecule has 6 nitrogen and oxygen atoms in total. The van der Waals surface area contributed by atoms with E-state index in [9.17, 15) is 14.9 Å². The van der Waals surface area contributed by atoms with Crippen LogP contribution < -0.4 is 5.32 Å². The molecule has 1 aliphatic rings. The van der Waals surface area contributed by atoms with E-state index >= 15 is 0 Å². The van der Waals surface area contributed by atoms with E-state index in [4.69, 9.17) is 5.11 Å². The molecule has 1 aliphatic carbocycles. The number of carbonyl (C=O) groups is 1. The minimum absolute atomic E-state index is 0.0281. The molecule has 0 bridgehead atoms. The molecule has 2 rings (SSSR count). The average Bonchev–Trinajstić information content (AvgIpc) is 2.31. The van der Waals surface area contributed by atoms with Crippen LogP contribution in [-0.4, -0.2) is 22.5 Å². The van der Waals surface area contributed by atoms with Crippen molar-refractivity contribution >= 4 is 17.3 Å². The van der Waals surface area contributed by atoms with Crippen molar-refractivity contribution in [2.45, 2.75) is 32.6 Å². The number of nitrogens with zero attached hydrogens (tertiary/aromatic N) is 1. The molecule has 6 heteroatoms. The van der Waals surface area contributed by atoms with Crippen LogP contribution in [0.2, 0.25) is 0 Å². The highest BCUT2D eigenvalue weighted by atomic mass is 16.6. The SMILES string of the molecule is Cc1ccc([N+](=O)[O-])c(NCC2(CC(=O)O)CCC2)c1. The van der Waals surface area contributed by atoms with Crippen LogP contribution in [0.4, 0.5) is 11.4 Å². The molecular formula is C14H18N2O4. The molecule has 0 unspecified atom stereocenters. The Bertz CT molecular complexity index is 538. The lowest BCUT2D eigenvalue weighted by Gasteiger charge is -2.41. The van der Waals surface area contributed by atoms with Gasteiger partial charge in [-0.1, -0.05) is 12.5 Å². The number of anilines is 1. The largest absolute Gasteiger partial charge is 0.481 e. The maximum absolute atomic E-state index is 11.0. The monoisotopic (exact) mass is 278 g/mol. The maximum Gasteiger partial charge on any atom is 0.303 e. The molecule has 1 aromatic rings. The number of carboxylic acids is 1. The van der Waals surface area contributed by atoms with Crippen molar-refractivity contribution in [3.05, 3.63) is 33.9 Å². The minimum Gasteiger partial charge on any atom is -0.481 e. The molecule has 1 fully saturated rings. The van der Waals surface area contributed by atoms with Gasteiger partial charge in [-0.15, -0.1) is 0 Å². The summed E-state index contributed by atoms with van der Waals surface area (Å²) in [5.74, 6) is -0.815. The maximum atomic E-state index is 11.0. The first-order valence-electron chi connectivity index (χ1n) is 6.63. The first kappa shape index (κ1) is 14.3. The van der Waals surface area contributed by atoms with E-state index in [-0.39, 0.29) is 17.5 Å². The van der Waals surface area contributed by atoms with E-state index in [2.05, 4.69) is 5.32 Å². The second-order valence-electron chi connectivity index (χ2n) is 5.56. The van der Waals surface area contributed by atoms with E-state index in [1.54, 1.807) is 12.1 Å². The van der Waals surface area contributed by atoms with E-state index < -0.39 is 10.9 Å². The van der Waals surface area contributed by atoms with Crippen LogP contribution in [0.5, 0.6) is 0 Å². The Balaban J connectivity index is 2.12. The molecule has 0 aromatic heterocycles. The normalized spacial score (nSPS) is 16.2. The first-order valence-corrected chi connectivity index (χ1v) is 6.63. The summed E-state index contributed by atoms with van der Waals surface area (Å²) in [4.78, 5) is 21.5. The molecule has 0 radical (unpaired) electrons. The zero-order valence-electron chi connectivity index (χ0n) is 11.4. The third-order valence-electron chi connectivity index (χ3n) is 3.94. The molecule has 0 amide bonds. The predicted octanol–water partition coefficient (Wildman–Crippen LogP) is 2.96. The molecule has 0 aliphatic heterocycles. The highest BCUT2D eigenvalue weighted by Crippen LogP contribution is 2.44. The third-order valence-corrected chi connectivity index (χ3v) is 3.94. The van der Waals surface area contributed by atoms with Gasteiger partial charge in [-0.25, -0.2) is 0 Å². The average molecular weight is 278 g/mol. The van der Waals surface area contributed by atoms with Gasteiger partial charge in [-0.05, 0) is 36.8 Å². The highest BCUT2D eigenvalue weighted by molar-refractivity contribution is 5.68. The predicted molar refractivity (Wildman–Crippen MR) is 74.9 cm³/mol.